The quantitative estimate of drug-likeness (QED) is 0.786. The number of aromatic nitrogens is 5. The van der Waals surface area contributed by atoms with Crippen LogP contribution in [0.25, 0.3) is 0 Å². The molecule has 0 aromatic carbocycles. The van der Waals surface area contributed by atoms with Crippen molar-refractivity contribution in [2.45, 2.75) is 25.3 Å². The number of nitrogens with zero attached hydrogens (tertiary/aromatic N) is 6. The highest BCUT2D eigenvalue weighted by molar-refractivity contribution is 5.46. The van der Waals surface area contributed by atoms with Gasteiger partial charge >= 0.3 is 0 Å². The summed E-state index contributed by atoms with van der Waals surface area (Å²) >= 11 is 0. The van der Waals surface area contributed by atoms with E-state index in [0.717, 1.165) is 44.1 Å². The third-order valence-corrected chi connectivity index (χ3v) is 4.61. The van der Waals surface area contributed by atoms with Crippen LogP contribution in [0, 0.1) is 0 Å². The molecule has 0 bridgehead atoms. The SMILES string of the molecule is Nc1cc(N2CCC[C@H](c3nccn3Cc3cccnc3)C2)ncn1. The zero-order valence-corrected chi connectivity index (χ0v) is 14.0. The lowest BCUT2D eigenvalue weighted by Gasteiger charge is -2.33. The van der Waals surface area contributed by atoms with E-state index < -0.39 is 0 Å². The Labute approximate surface area is 146 Å². The van der Waals surface area contributed by atoms with Gasteiger partial charge in [0.2, 0.25) is 0 Å². The fraction of sp³-hybridized carbons (Fsp3) is 0.333. The summed E-state index contributed by atoms with van der Waals surface area (Å²) in [5, 5.41) is 0. The highest BCUT2D eigenvalue weighted by Gasteiger charge is 2.25. The molecule has 1 saturated heterocycles. The van der Waals surface area contributed by atoms with Crippen LogP contribution in [0.1, 0.15) is 30.1 Å². The van der Waals surface area contributed by atoms with E-state index in [2.05, 4.69) is 35.5 Å². The molecule has 1 aliphatic heterocycles. The van der Waals surface area contributed by atoms with Crippen LogP contribution in [0.3, 0.4) is 0 Å². The first kappa shape index (κ1) is 15.6. The minimum atomic E-state index is 0.372. The number of pyridine rings is 1. The Bertz CT molecular complexity index is 830. The Hall–Kier alpha value is -2.96. The molecule has 0 unspecified atom stereocenters. The standard InChI is InChI=1S/C18H21N7/c19-16-9-17(23-13-22-16)24-7-2-4-15(12-24)18-21-6-8-25(18)11-14-3-1-5-20-10-14/h1,3,5-6,8-10,13,15H,2,4,7,11-12H2,(H2,19,22,23)/t15-/m0/s1. The van der Waals surface area contributed by atoms with Gasteiger partial charge in [-0.15, -0.1) is 0 Å². The predicted octanol–water partition coefficient (Wildman–Crippen LogP) is 2.08. The van der Waals surface area contributed by atoms with Gasteiger partial charge < -0.3 is 15.2 Å². The van der Waals surface area contributed by atoms with Gasteiger partial charge in [-0.2, -0.15) is 0 Å². The summed E-state index contributed by atoms with van der Waals surface area (Å²) in [5.74, 6) is 2.89. The summed E-state index contributed by atoms with van der Waals surface area (Å²) in [6.07, 6.45) is 11.4. The number of imidazole rings is 1. The molecule has 0 radical (unpaired) electrons. The van der Waals surface area contributed by atoms with E-state index in [9.17, 15) is 0 Å². The van der Waals surface area contributed by atoms with Gasteiger partial charge in [-0.05, 0) is 24.5 Å². The summed E-state index contributed by atoms with van der Waals surface area (Å²) in [4.78, 5) is 19.5. The Morgan fingerprint density at radius 2 is 2.16 bits per heavy atom. The molecular formula is C18H21N7. The average Bonchev–Trinajstić information content (AvgIpc) is 3.11. The lowest BCUT2D eigenvalue weighted by atomic mass is 9.97. The first-order valence-electron chi connectivity index (χ1n) is 8.52. The molecule has 3 aromatic rings. The molecule has 1 aliphatic rings. The van der Waals surface area contributed by atoms with Crippen molar-refractivity contribution in [1.82, 2.24) is 24.5 Å². The number of piperidine rings is 1. The van der Waals surface area contributed by atoms with Gasteiger partial charge in [0.1, 0.15) is 23.8 Å². The molecule has 0 amide bonds. The summed E-state index contributed by atoms with van der Waals surface area (Å²) in [6, 6.07) is 5.89. The van der Waals surface area contributed by atoms with Crippen LogP contribution >= 0.6 is 0 Å². The van der Waals surface area contributed by atoms with Gasteiger partial charge in [-0.3, -0.25) is 4.98 Å². The number of nitrogens with two attached hydrogens (primary N) is 1. The maximum atomic E-state index is 5.80. The number of nitrogen functional groups attached to an aromatic ring is 1. The first-order chi connectivity index (χ1) is 12.3. The number of hydrogen-bond donors (Lipinski definition) is 1. The molecule has 0 spiro atoms. The molecule has 0 aliphatic carbocycles. The summed E-state index contributed by atoms with van der Waals surface area (Å²) in [5.41, 5.74) is 6.98. The molecule has 7 heteroatoms. The third kappa shape index (κ3) is 3.45. The predicted molar refractivity (Wildman–Crippen MR) is 96.2 cm³/mol. The van der Waals surface area contributed by atoms with Crippen molar-refractivity contribution in [2.75, 3.05) is 23.7 Å². The zero-order valence-electron chi connectivity index (χ0n) is 14.0. The molecular weight excluding hydrogens is 314 g/mol. The Kier molecular flexibility index (Phi) is 4.28. The second-order valence-electron chi connectivity index (χ2n) is 6.36. The van der Waals surface area contributed by atoms with Gasteiger partial charge in [0.25, 0.3) is 0 Å². The van der Waals surface area contributed by atoms with Crippen molar-refractivity contribution in [3.8, 4) is 0 Å². The van der Waals surface area contributed by atoms with E-state index >= 15 is 0 Å². The summed E-state index contributed by atoms with van der Waals surface area (Å²) < 4.78 is 2.22. The minimum absolute atomic E-state index is 0.372. The van der Waals surface area contributed by atoms with Gasteiger partial charge in [0, 0.05) is 49.9 Å². The second-order valence-corrected chi connectivity index (χ2v) is 6.36. The molecule has 1 atom stereocenters. The largest absolute Gasteiger partial charge is 0.384 e. The fourth-order valence-corrected chi connectivity index (χ4v) is 3.43. The summed E-state index contributed by atoms with van der Waals surface area (Å²) in [7, 11) is 0. The number of rotatable bonds is 4. The van der Waals surface area contributed by atoms with Crippen LogP contribution in [0.5, 0.6) is 0 Å². The highest BCUT2D eigenvalue weighted by atomic mass is 15.2. The zero-order chi connectivity index (χ0) is 17.1. The van der Waals surface area contributed by atoms with Gasteiger partial charge in [-0.25, -0.2) is 15.0 Å². The summed E-state index contributed by atoms with van der Waals surface area (Å²) in [6.45, 7) is 2.66. The molecule has 0 saturated carbocycles. The Morgan fingerprint density at radius 1 is 1.20 bits per heavy atom. The van der Waals surface area contributed by atoms with Gasteiger partial charge in [-0.1, -0.05) is 6.07 Å². The van der Waals surface area contributed by atoms with Crippen LogP contribution in [-0.4, -0.2) is 37.6 Å². The molecule has 1 fully saturated rings. The number of anilines is 2. The Morgan fingerprint density at radius 3 is 3.00 bits per heavy atom. The molecule has 3 aromatic heterocycles. The average molecular weight is 335 g/mol. The van der Waals surface area contributed by atoms with Crippen molar-refractivity contribution < 1.29 is 0 Å². The smallest absolute Gasteiger partial charge is 0.134 e. The molecule has 4 rings (SSSR count). The van der Waals surface area contributed by atoms with Crippen molar-refractivity contribution in [3.05, 3.63) is 60.7 Å². The fourth-order valence-electron chi connectivity index (χ4n) is 3.43. The topological polar surface area (TPSA) is 85.8 Å². The van der Waals surface area contributed by atoms with E-state index in [1.54, 1.807) is 6.20 Å². The first-order valence-corrected chi connectivity index (χ1v) is 8.52. The lowest BCUT2D eigenvalue weighted by molar-refractivity contribution is 0.474. The molecule has 7 nitrogen and oxygen atoms in total. The van der Waals surface area contributed by atoms with Gasteiger partial charge in [0.05, 0.1) is 6.54 Å². The minimum Gasteiger partial charge on any atom is -0.384 e. The lowest BCUT2D eigenvalue weighted by Crippen LogP contribution is -2.36. The van der Waals surface area contributed by atoms with E-state index in [1.807, 2.05) is 30.7 Å². The Balaban J connectivity index is 1.53. The van der Waals surface area contributed by atoms with Crippen LogP contribution in [0.4, 0.5) is 11.6 Å². The second kappa shape index (κ2) is 6.88. The molecule has 4 heterocycles. The number of hydrogen-bond acceptors (Lipinski definition) is 6. The monoisotopic (exact) mass is 335 g/mol. The van der Waals surface area contributed by atoms with Crippen molar-refractivity contribution in [2.24, 2.45) is 0 Å². The van der Waals surface area contributed by atoms with Crippen molar-refractivity contribution in [1.29, 1.82) is 0 Å². The van der Waals surface area contributed by atoms with Crippen molar-refractivity contribution in [3.63, 3.8) is 0 Å². The van der Waals surface area contributed by atoms with E-state index in [0.29, 0.717) is 11.7 Å². The van der Waals surface area contributed by atoms with E-state index in [4.69, 9.17) is 5.73 Å². The van der Waals surface area contributed by atoms with E-state index in [1.165, 1.54) is 11.9 Å². The van der Waals surface area contributed by atoms with E-state index in [-0.39, 0.29) is 0 Å². The van der Waals surface area contributed by atoms with Crippen molar-refractivity contribution >= 4 is 11.6 Å². The molecule has 2 N–H and O–H groups in total. The third-order valence-electron chi connectivity index (χ3n) is 4.61. The van der Waals surface area contributed by atoms with Crippen LogP contribution in [0.15, 0.2) is 49.3 Å². The molecule has 128 valence electrons. The maximum absolute atomic E-state index is 5.80. The maximum Gasteiger partial charge on any atom is 0.134 e. The highest BCUT2D eigenvalue weighted by Crippen LogP contribution is 2.29. The van der Waals surface area contributed by atoms with Crippen LogP contribution in [-0.2, 0) is 6.54 Å². The van der Waals surface area contributed by atoms with Gasteiger partial charge in [0.15, 0.2) is 0 Å². The molecule has 25 heavy (non-hydrogen) atoms. The van der Waals surface area contributed by atoms with Crippen LogP contribution < -0.4 is 10.6 Å². The normalized spacial score (nSPS) is 17.6. The van der Waals surface area contributed by atoms with Crippen LogP contribution in [0.2, 0.25) is 0 Å².